The number of likely N-dealkylation sites (N-methyl/N-ethyl adjacent to an activating group) is 1. The van der Waals surface area contributed by atoms with Gasteiger partial charge in [0.1, 0.15) is 0 Å². The minimum absolute atomic E-state index is 0.648. The highest BCUT2D eigenvalue weighted by Gasteiger charge is 2.30. The second kappa shape index (κ2) is 4.13. The predicted octanol–water partition coefficient (Wildman–Crippen LogP) is 1.35. The topological polar surface area (TPSA) is 29.9 Å². The molecule has 0 saturated heterocycles. The minimum atomic E-state index is 0.648. The molecule has 1 aromatic heterocycles. The molecular formula is C11H19N3. The third-order valence-corrected chi connectivity index (χ3v) is 2.86. The molecule has 0 radical (unpaired) electrons. The van der Waals surface area contributed by atoms with Crippen LogP contribution in [0.1, 0.15) is 25.5 Å². The molecule has 0 aliphatic heterocycles. The van der Waals surface area contributed by atoms with E-state index in [1.54, 1.807) is 0 Å². The first kappa shape index (κ1) is 9.71. The molecule has 1 N–H and O–H groups in total. The Bertz CT molecular complexity index is 288. The molecule has 1 unspecified atom stereocenters. The van der Waals surface area contributed by atoms with Crippen LogP contribution in [-0.2, 0) is 13.5 Å². The van der Waals surface area contributed by atoms with Crippen molar-refractivity contribution in [2.24, 2.45) is 13.0 Å². The van der Waals surface area contributed by atoms with Gasteiger partial charge in [0.15, 0.2) is 0 Å². The van der Waals surface area contributed by atoms with Gasteiger partial charge in [-0.3, -0.25) is 4.68 Å². The molecule has 3 nitrogen and oxygen atoms in total. The molecule has 0 bridgehead atoms. The van der Waals surface area contributed by atoms with Crippen LogP contribution >= 0.6 is 0 Å². The number of hydrogen-bond donors (Lipinski definition) is 1. The highest BCUT2D eigenvalue weighted by molar-refractivity contribution is 5.03. The third kappa shape index (κ3) is 2.35. The summed E-state index contributed by atoms with van der Waals surface area (Å²) in [6.45, 7) is 3.24. The van der Waals surface area contributed by atoms with Gasteiger partial charge < -0.3 is 5.32 Å². The highest BCUT2D eigenvalue weighted by atomic mass is 15.2. The van der Waals surface area contributed by atoms with Gasteiger partial charge >= 0.3 is 0 Å². The smallest absolute Gasteiger partial charge is 0.0640 e. The van der Waals surface area contributed by atoms with Crippen LogP contribution in [0.2, 0.25) is 0 Å². The maximum atomic E-state index is 4.42. The standard InChI is InChI=1S/C11H19N3/c1-3-12-11(9-4-5-9)8-10-6-7-14(2)13-10/h6-7,9,11-12H,3-5,8H2,1-2H3. The molecule has 0 amide bonds. The van der Waals surface area contributed by atoms with Crippen molar-refractivity contribution >= 4 is 0 Å². The summed E-state index contributed by atoms with van der Waals surface area (Å²) in [6, 6.07) is 2.77. The molecule has 1 aromatic rings. The van der Waals surface area contributed by atoms with Crippen molar-refractivity contribution < 1.29 is 0 Å². The van der Waals surface area contributed by atoms with Crippen molar-refractivity contribution in [3.63, 3.8) is 0 Å². The van der Waals surface area contributed by atoms with E-state index in [9.17, 15) is 0 Å². The van der Waals surface area contributed by atoms with E-state index in [2.05, 4.69) is 23.4 Å². The molecule has 1 aliphatic carbocycles. The van der Waals surface area contributed by atoms with Crippen LogP contribution < -0.4 is 5.32 Å². The van der Waals surface area contributed by atoms with Gasteiger partial charge in [-0.1, -0.05) is 6.92 Å². The van der Waals surface area contributed by atoms with Crippen molar-refractivity contribution in [3.05, 3.63) is 18.0 Å². The number of aromatic nitrogens is 2. The van der Waals surface area contributed by atoms with Gasteiger partial charge in [0.2, 0.25) is 0 Å². The Hall–Kier alpha value is -0.830. The molecule has 78 valence electrons. The maximum absolute atomic E-state index is 4.42. The van der Waals surface area contributed by atoms with Crippen molar-refractivity contribution in [1.29, 1.82) is 0 Å². The molecule has 1 fully saturated rings. The van der Waals surface area contributed by atoms with E-state index < -0.39 is 0 Å². The lowest BCUT2D eigenvalue weighted by Gasteiger charge is -2.15. The zero-order valence-electron chi connectivity index (χ0n) is 9.03. The van der Waals surface area contributed by atoms with Gasteiger partial charge in [-0.25, -0.2) is 0 Å². The highest BCUT2D eigenvalue weighted by Crippen LogP contribution is 2.33. The van der Waals surface area contributed by atoms with Crippen molar-refractivity contribution in [2.45, 2.75) is 32.2 Å². The SMILES string of the molecule is CCNC(Cc1ccn(C)n1)C1CC1. The van der Waals surface area contributed by atoms with Gasteiger partial charge in [0.25, 0.3) is 0 Å². The van der Waals surface area contributed by atoms with Crippen LogP contribution in [0.25, 0.3) is 0 Å². The lowest BCUT2D eigenvalue weighted by molar-refractivity contribution is 0.466. The average molecular weight is 193 g/mol. The van der Waals surface area contributed by atoms with Gasteiger partial charge in [0.05, 0.1) is 5.69 Å². The van der Waals surface area contributed by atoms with E-state index in [1.807, 2.05) is 17.9 Å². The van der Waals surface area contributed by atoms with Crippen LogP contribution in [0.15, 0.2) is 12.3 Å². The summed E-state index contributed by atoms with van der Waals surface area (Å²) in [4.78, 5) is 0. The molecule has 2 rings (SSSR count). The van der Waals surface area contributed by atoms with Gasteiger partial charge in [-0.05, 0) is 31.4 Å². The quantitative estimate of drug-likeness (QED) is 0.765. The van der Waals surface area contributed by atoms with Crippen molar-refractivity contribution in [2.75, 3.05) is 6.54 Å². The summed E-state index contributed by atoms with van der Waals surface area (Å²) in [5, 5.41) is 7.97. The molecule has 0 spiro atoms. The Labute approximate surface area is 85.5 Å². The predicted molar refractivity (Wildman–Crippen MR) is 57.1 cm³/mol. The summed E-state index contributed by atoms with van der Waals surface area (Å²) in [5.41, 5.74) is 1.21. The minimum Gasteiger partial charge on any atom is -0.314 e. The maximum Gasteiger partial charge on any atom is 0.0640 e. The first-order valence-electron chi connectivity index (χ1n) is 5.51. The summed E-state index contributed by atoms with van der Waals surface area (Å²) in [5.74, 6) is 0.900. The first-order valence-corrected chi connectivity index (χ1v) is 5.51. The Morgan fingerprint density at radius 3 is 2.93 bits per heavy atom. The number of hydrogen-bond acceptors (Lipinski definition) is 2. The zero-order valence-corrected chi connectivity index (χ0v) is 9.03. The lowest BCUT2D eigenvalue weighted by atomic mass is 10.1. The molecule has 14 heavy (non-hydrogen) atoms. The molecule has 0 aromatic carbocycles. The van der Waals surface area contributed by atoms with E-state index in [1.165, 1.54) is 18.5 Å². The van der Waals surface area contributed by atoms with Gasteiger partial charge in [-0.15, -0.1) is 0 Å². The summed E-state index contributed by atoms with van der Waals surface area (Å²) in [7, 11) is 1.98. The zero-order chi connectivity index (χ0) is 9.97. The first-order chi connectivity index (χ1) is 6.79. The van der Waals surface area contributed by atoms with Crippen molar-refractivity contribution in [3.8, 4) is 0 Å². The number of aryl methyl sites for hydroxylation is 1. The normalized spacial score (nSPS) is 18.4. The third-order valence-electron chi connectivity index (χ3n) is 2.86. The van der Waals surface area contributed by atoms with Gasteiger partial charge in [-0.2, -0.15) is 5.10 Å². The van der Waals surface area contributed by atoms with E-state index >= 15 is 0 Å². The monoisotopic (exact) mass is 193 g/mol. The molecule has 1 heterocycles. The van der Waals surface area contributed by atoms with Crippen LogP contribution in [-0.4, -0.2) is 22.4 Å². The number of rotatable bonds is 5. The number of nitrogens with zero attached hydrogens (tertiary/aromatic N) is 2. The van der Waals surface area contributed by atoms with Crippen LogP contribution in [0.3, 0.4) is 0 Å². The molecule has 1 atom stereocenters. The van der Waals surface area contributed by atoms with E-state index in [4.69, 9.17) is 0 Å². The molecule has 3 heteroatoms. The fourth-order valence-electron chi connectivity index (χ4n) is 1.96. The van der Waals surface area contributed by atoms with Crippen LogP contribution in [0.5, 0.6) is 0 Å². The van der Waals surface area contributed by atoms with Crippen molar-refractivity contribution in [1.82, 2.24) is 15.1 Å². The largest absolute Gasteiger partial charge is 0.314 e. The molecular weight excluding hydrogens is 174 g/mol. The van der Waals surface area contributed by atoms with Crippen LogP contribution in [0, 0.1) is 5.92 Å². The van der Waals surface area contributed by atoms with Gasteiger partial charge in [0, 0.05) is 25.7 Å². The lowest BCUT2D eigenvalue weighted by Crippen LogP contribution is -2.33. The van der Waals surface area contributed by atoms with Crippen LogP contribution in [0.4, 0.5) is 0 Å². The Kier molecular flexibility index (Phi) is 2.87. The molecule has 1 saturated carbocycles. The Morgan fingerprint density at radius 1 is 1.64 bits per heavy atom. The fourth-order valence-corrected chi connectivity index (χ4v) is 1.96. The second-order valence-electron chi connectivity index (χ2n) is 4.19. The summed E-state index contributed by atoms with van der Waals surface area (Å²) in [6.07, 6.45) is 5.89. The molecule has 1 aliphatic rings. The summed E-state index contributed by atoms with van der Waals surface area (Å²) < 4.78 is 1.88. The average Bonchev–Trinajstić information content (AvgIpc) is 2.91. The summed E-state index contributed by atoms with van der Waals surface area (Å²) >= 11 is 0. The Morgan fingerprint density at radius 2 is 2.43 bits per heavy atom. The number of nitrogens with one attached hydrogen (secondary N) is 1. The van der Waals surface area contributed by atoms with E-state index in [-0.39, 0.29) is 0 Å². The van der Waals surface area contributed by atoms with E-state index in [0.29, 0.717) is 6.04 Å². The second-order valence-corrected chi connectivity index (χ2v) is 4.19. The Balaban J connectivity index is 1.92. The van der Waals surface area contributed by atoms with E-state index in [0.717, 1.165) is 18.9 Å². The fraction of sp³-hybridized carbons (Fsp3) is 0.727.